The number of hydrogen-bond donors (Lipinski definition) is 3. The Kier molecular flexibility index (Phi) is 4.33. The number of carbonyl (C=O) groups excluding carboxylic acids is 1. The van der Waals surface area contributed by atoms with E-state index in [1.165, 1.54) is 0 Å². The van der Waals surface area contributed by atoms with Gasteiger partial charge >= 0.3 is 0 Å². The van der Waals surface area contributed by atoms with Crippen LogP contribution in [0.2, 0.25) is 0 Å². The van der Waals surface area contributed by atoms with E-state index >= 15 is 0 Å². The predicted octanol–water partition coefficient (Wildman–Crippen LogP) is 2.11. The number of carboxylic acid groups (broad SMARTS) is 1. The van der Waals surface area contributed by atoms with Crippen molar-refractivity contribution in [3.05, 3.63) is 40.6 Å². The van der Waals surface area contributed by atoms with Crippen molar-refractivity contribution in [1.29, 1.82) is 0 Å². The summed E-state index contributed by atoms with van der Waals surface area (Å²) in [6.45, 7) is 4.39. The van der Waals surface area contributed by atoms with Gasteiger partial charge in [-0.05, 0) is 42.7 Å². The van der Waals surface area contributed by atoms with E-state index in [2.05, 4.69) is 21.2 Å². The second-order valence-corrected chi connectivity index (χ2v) is 6.17. The first kappa shape index (κ1) is 17.4. The number of hydrogen-bond acceptors (Lipinski definition) is 5. The van der Waals surface area contributed by atoms with Crippen molar-refractivity contribution in [2.24, 2.45) is 0 Å². The summed E-state index contributed by atoms with van der Waals surface area (Å²) < 4.78 is 0. The molecule has 0 saturated carbocycles. The highest BCUT2D eigenvalue weighted by molar-refractivity contribution is 5.99. The molecular weight excluding hydrogens is 334 g/mol. The van der Waals surface area contributed by atoms with E-state index in [4.69, 9.17) is 15.6 Å². The molecule has 0 atom stereocenters. The zero-order chi connectivity index (χ0) is 19.0. The largest absolute Gasteiger partial charge is 0.483 e. The number of nitrogens with one attached hydrogen (secondary N) is 1. The summed E-state index contributed by atoms with van der Waals surface area (Å²) >= 11 is 0. The fraction of sp³-hybridized carbons (Fsp3) is 0.222. The van der Waals surface area contributed by atoms with Gasteiger partial charge in [0.25, 0.3) is 12.4 Å². The summed E-state index contributed by atoms with van der Waals surface area (Å²) in [6, 6.07) is 5.96. The normalized spacial score (nSPS) is 12.7. The topological polar surface area (TPSA) is 125 Å². The van der Waals surface area contributed by atoms with E-state index in [9.17, 15) is 4.79 Å². The Labute approximate surface area is 149 Å². The standard InChI is InChI=1S/C17H17N5O.CH2O2/c1-8-13(9(2)19-16-14(8)15(18)20-21-16)10-4-5-12-11(6-10)7-22(3)17(12)23;2-1-3/h4-6H,7H2,1-3H3,(H3,18,19,20,21);1H,(H,2,3). The van der Waals surface area contributed by atoms with Crippen molar-refractivity contribution in [1.82, 2.24) is 20.1 Å². The number of pyridine rings is 1. The lowest BCUT2D eigenvalue weighted by Gasteiger charge is -2.11. The summed E-state index contributed by atoms with van der Waals surface area (Å²) in [5.41, 5.74) is 12.5. The van der Waals surface area contributed by atoms with E-state index in [0.29, 0.717) is 18.0 Å². The third-order valence-electron chi connectivity index (χ3n) is 4.54. The number of nitrogen functional groups attached to an aromatic ring is 1. The first-order valence-corrected chi connectivity index (χ1v) is 7.96. The molecular formula is C18H19N5O3. The van der Waals surface area contributed by atoms with Crippen LogP contribution in [0.5, 0.6) is 0 Å². The third-order valence-corrected chi connectivity index (χ3v) is 4.54. The Morgan fingerprint density at radius 2 is 2.04 bits per heavy atom. The molecule has 0 unspecified atom stereocenters. The van der Waals surface area contributed by atoms with Gasteiger partial charge < -0.3 is 15.7 Å². The number of H-pyrrole nitrogens is 1. The fourth-order valence-corrected chi connectivity index (χ4v) is 3.45. The summed E-state index contributed by atoms with van der Waals surface area (Å²) in [5, 5.41) is 14.7. The zero-order valence-corrected chi connectivity index (χ0v) is 14.7. The molecule has 3 aromatic rings. The number of aromatic amines is 1. The molecule has 0 saturated heterocycles. The summed E-state index contributed by atoms with van der Waals surface area (Å²) in [4.78, 5) is 26.7. The summed E-state index contributed by atoms with van der Waals surface area (Å²) in [7, 11) is 1.82. The summed E-state index contributed by atoms with van der Waals surface area (Å²) in [5.74, 6) is 0.606. The Hall–Kier alpha value is -3.42. The van der Waals surface area contributed by atoms with Gasteiger partial charge in [0, 0.05) is 30.4 Å². The quantitative estimate of drug-likeness (QED) is 0.575. The highest BCUT2D eigenvalue weighted by atomic mass is 16.3. The van der Waals surface area contributed by atoms with E-state index in [1.54, 1.807) is 4.90 Å². The minimum atomic E-state index is -0.250. The average molecular weight is 353 g/mol. The number of aromatic nitrogens is 3. The van der Waals surface area contributed by atoms with Crippen LogP contribution in [0.25, 0.3) is 22.2 Å². The molecule has 1 amide bonds. The number of benzene rings is 1. The lowest BCUT2D eigenvalue weighted by molar-refractivity contribution is -0.122. The number of nitrogens with zero attached hydrogens (tertiary/aromatic N) is 3. The first-order chi connectivity index (χ1) is 12.4. The van der Waals surface area contributed by atoms with Gasteiger partial charge in [-0.15, -0.1) is 0 Å². The fourth-order valence-electron chi connectivity index (χ4n) is 3.45. The van der Waals surface area contributed by atoms with Crippen LogP contribution >= 0.6 is 0 Å². The number of amides is 1. The molecule has 0 aliphatic carbocycles. The van der Waals surface area contributed by atoms with Crippen LogP contribution in [0, 0.1) is 13.8 Å². The van der Waals surface area contributed by atoms with Crippen LogP contribution in [-0.4, -0.2) is 44.6 Å². The van der Waals surface area contributed by atoms with Crippen LogP contribution in [0.1, 0.15) is 27.2 Å². The molecule has 8 heteroatoms. The molecule has 26 heavy (non-hydrogen) atoms. The Morgan fingerprint density at radius 3 is 2.73 bits per heavy atom. The molecule has 4 N–H and O–H groups in total. The third kappa shape index (κ3) is 2.65. The van der Waals surface area contributed by atoms with Crippen molar-refractivity contribution < 1.29 is 14.7 Å². The van der Waals surface area contributed by atoms with Gasteiger partial charge in [-0.1, -0.05) is 6.07 Å². The van der Waals surface area contributed by atoms with Crippen LogP contribution in [-0.2, 0) is 11.3 Å². The molecule has 8 nitrogen and oxygen atoms in total. The van der Waals surface area contributed by atoms with E-state index in [0.717, 1.165) is 38.9 Å². The van der Waals surface area contributed by atoms with Gasteiger partial charge in [-0.25, -0.2) is 4.98 Å². The van der Waals surface area contributed by atoms with E-state index < -0.39 is 0 Å². The van der Waals surface area contributed by atoms with Crippen molar-refractivity contribution in [3.8, 4) is 11.1 Å². The van der Waals surface area contributed by atoms with E-state index in [-0.39, 0.29) is 12.4 Å². The Balaban J connectivity index is 0.000000613. The molecule has 1 aliphatic rings. The smallest absolute Gasteiger partial charge is 0.290 e. The number of carbonyl (C=O) groups is 2. The van der Waals surface area contributed by atoms with Gasteiger partial charge in [-0.3, -0.25) is 14.7 Å². The molecule has 1 aliphatic heterocycles. The molecule has 0 bridgehead atoms. The predicted molar refractivity (Wildman–Crippen MR) is 97.7 cm³/mol. The zero-order valence-electron chi connectivity index (χ0n) is 14.7. The molecule has 3 heterocycles. The molecule has 134 valence electrons. The van der Waals surface area contributed by atoms with Crippen molar-refractivity contribution >= 4 is 29.2 Å². The monoisotopic (exact) mass is 353 g/mol. The van der Waals surface area contributed by atoms with Gasteiger partial charge in [0.05, 0.1) is 5.39 Å². The minimum absolute atomic E-state index is 0.0765. The summed E-state index contributed by atoms with van der Waals surface area (Å²) in [6.07, 6.45) is 0. The van der Waals surface area contributed by atoms with Crippen LogP contribution < -0.4 is 5.73 Å². The van der Waals surface area contributed by atoms with Gasteiger partial charge in [0.15, 0.2) is 5.65 Å². The second kappa shape index (κ2) is 6.47. The van der Waals surface area contributed by atoms with E-state index in [1.807, 2.05) is 33.0 Å². The highest BCUT2D eigenvalue weighted by Gasteiger charge is 2.25. The first-order valence-electron chi connectivity index (χ1n) is 7.96. The number of nitrogens with two attached hydrogens (primary N) is 1. The average Bonchev–Trinajstić information content (AvgIpc) is 3.08. The highest BCUT2D eigenvalue weighted by Crippen LogP contribution is 2.35. The maximum Gasteiger partial charge on any atom is 0.290 e. The lowest BCUT2D eigenvalue weighted by atomic mass is 9.94. The van der Waals surface area contributed by atoms with Gasteiger partial charge in [0.2, 0.25) is 0 Å². The minimum Gasteiger partial charge on any atom is -0.483 e. The molecule has 0 radical (unpaired) electrons. The number of rotatable bonds is 1. The van der Waals surface area contributed by atoms with Gasteiger partial charge in [-0.2, -0.15) is 5.10 Å². The van der Waals surface area contributed by atoms with Gasteiger partial charge in [0.1, 0.15) is 5.82 Å². The van der Waals surface area contributed by atoms with Crippen LogP contribution in [0.3, 0.4) is 0 Å². The second-order valence-electron chi connectivity index (χ2n) is 6.17. The van der Waals surface area contributed by atoms with Crippen LogP contribution in [0.4, 0.5) is 5.82 Å². The molecule has 2 aromatic heterocycles. The Morgan fingerprint density at radius 1 is 1.35 bits per heavy atom. The maximum atomic E-state index is 12.0. The number of aryl methyl sites for hydroxylation is 2. The van der Waals surface area contributed by atoms with Crippen LogP contribution in [0.15, 0.2) is 18.2 Å². The molecule has 4 rings (SSSR count). The van der Waals surface area contributed by atoms with Crippen molar-refractivity contribution in [3.63, 3.8) is 0 Å². The lowest BCUT2D eigenvalue weighted by Crippen LogP contribution is -2.17. The molecule has 1 aromatic carbocycles. The SMILES string of the molecule is Cc1nc2n[nH]c(N)c2c(C)c1-c1ccc2c(c1)CN(C)C2=O.O=CO. The number of fused-ring (bicyclic) bond motifs is 2. The number of anilines is 1. The maximum absolute atomic E-state index is 12.0. The molecule has 0 spiro atoms. The van der Waals surface area contributed by atoms with Crippen molar-refractivity contribution in [2.75, 3.05) is 12.8 Å². The Bertz CT molecular complexity index is 1030. The van der Waals surface area contributed by atoms with Crippen molar-refractivity contribution in [2.45, 2.75) is 20.4 Å². The molecule has 0 fully saturated rings.